The molecule has 2 aromatic rings. The first-order valence-electron chi connectivity index (χ1n) is 6.86. The molecular weight excluding hydrogens is 295 g/mol. The van der Waals surface area contributed by atoms with Gasteiger partial charge in [0.1, 0.15) is 18.2 Å². The molecular formula is C14H18ClFN4O. The second kappa shape index (κ2) is 7.95. The SMILES string of the molecule is CCCNCc1cn(CCOc2ccc(Cl)c(F)c2)nn1. The number of nitrogens with one attached hydrogen (secondary N) is 1. The van der Waals surface area contributed by atoms with E-state index >= 15 is 0 Å². The van der Waals surface area contributed by atoms with Gasteiger partial charge in [0, 0.05) is 18.8 Å². The van der Waals surface area contributed by atoms with Crippen LogP contribution in [0.5, 0.6) is 5.75 Å². The van der Waals surface area contributed by atoms with E-state index in [1.54, 1.807) is 10.7 Å². The first-order valence-corrected chi connectivity index (χ1v) is 7.24. The molecule has 7 heteroatoms. The zero-order chi connectivity index (χ0) is 15.1. The first-order chi connectivity index (χ1) is 10.2. The van der Waals surface area contributed by atoms with Crippen LogP contribution < -0.4 is 10.1 Å². The normalized spacial score (nSPS) is 10.8. The molecule has 2 rings (SSSR count). The summed E-state index contributed by atoms with van der Waals surface area (Å²) in [6.45, 7) is 4.70. The highest BCUT2D eigenvalue weighted by Crippen LogP contribution is 2.20. The summed E-state index contributed by atoms with van der Waals surface area (Å²) in [5.41, 5.74) is 0.890. The fraction of sp³-hybridized carbons (Fsp3) is 0.429. The Labute approximate surface area is 128 Å². The van der Waals surface area contributed by atoms with Crippen LogP contribution in [-0.2, 0) is 13.1 Å². The number of benzene rings is 1. The molecule has 114 valence electrons. The van der Waals surface area contributed by atoms with E-state index in [9.17, 15) is 4.39 Å². The fourth-order valence-corrected chi connectivity index (χ4v) is 1.86. The van der Waals surface area contributed by atoms with Crippen molar-refractivity contribution in [2.24, 2.45) is 0 Å². The van der Waals surface area contributed by atoms with Crippen LogP contribution in [0.1, 0.15) is 19.0 Å². The van der Waals surface area contributed by atoms with Gasteiger partial charge in [-0.1, -0.05) is 23.7 Å². The molecule has 0 amide bonds. The Morgan fingerprint density at radius 3 is 3.05 bits per heavy atom. The van der Waals surface area contributed by atoms with E-state index in [0.29, 0.717) is 25.4 Å². The van der Waals surface area contributed by atoms with Crippen molar-refractivity contribution in [1.82, 2.24) is 20.3 Å². The monoisotopic (exact) mass is 312 g/mol. The van der Waals surface area contributed by atoms with Crippen LogP contribution in [0.3, 0.4) is 0 Å². The number of aromatic nitrogens is 3. The maximum absolute atomic E-state index is 13.2. The number of rotatable bonds is 8. The average Bonchev–Trinajstić information content (AvgIpc) is 2.91. The van der Waals surface area contributed by atoms with Crippen molar-refractivity contribution in [2.45, 2.75) is 26.4 Å². The molecule has 0 bridgehead atoms. The van der Waals surface area contributed by atoms with Gasteiger partial charge in [-0.3, -0.25) is 0 Å². The lowest BCUT2D eigenvalue weighted by atomic mass is 10.3. The minimum atomic E-state index is -0.487. The third-order valence-corrected chi connectivity index (χ3v) is 3.11. The van der Waals surface area contributed by atoms with Crippen LogP contribution in [0.2, 0.25) is 5.02 Å². The molecule has 1 aromatic heterocycles. The van der Waals surface area contributed by atoms with Crippen molar-refractivity contribution in [3.05, 3.63) is 40.9 Å². The number of nitrogens with zero attached hydrogens (tertiary/aromatic N) is 3. The van der Waals surface area contributed by atoms with Crippen LogP contribution >= 0.6 is 11.6 Å². The van der Waals surface area contributed by atoms with Gasteiger partial charge in [-0.25, -0.2) is 9.07 Å². The second-order valence-electron chi connectivity index (χ2n) is 4.57. The van der Waals surface area contributed by atoms with E-state index < -0.39 is 5.82 Å². The van der Waals surface area contributed by atoms with Gasteiger partial charge in [0.2, 0.25) is 0 Å². The zero-order valence-corrected chi connectivity index (χ0v) is 12.6. The molecule has 0 fully saturated rings. The Balaban J connectivity index is 1.76. The Bertz CT molecular complexity index is 576. The maximum Gasteiger partial charge on any atom is 0.145 e. The summed E-state index contributed by atoms with van der Waals surface area (Å²) >= 11 is 5.61. The number of hydrogen-bond donors (Lipinski definition) is 1. The highest BCUT2D eigenvalue weighted by atomic mass is 35.5. The van der Waals surface area contributed by atoms with Crippen LogP contribution in [-0.4, -0.2) is 28.1 Å². The quantitative estimate of drug-likeness (QED) is 0.761. The molecule has 1 aromatic carbocycles. The van der Waals surface area contributed by atoms with Crippen LogP contribution in [0.4, 0.5) is 4.39 Å². The number of halogens is 2. The maximum atomic E-state index is 13.2. The molecule has 0 spiro atoms. The highest BCUT2D eigenvalue weighted by molar-refractivity contribution is 6.30. The third kappa shape index (κ3) is 4.99. The molecule has 5 nitrogen and oxygen atoms in total. The minimum absolute atomic E-state index is 0.0860. The van der Waals surface area contributed by atoms with E-state index in [1.807, 2.05) is 6.20 Å². The Hall–Kier alpha value is -1.66. The number of hydrogen-bond acceptors (Lipinski definition) is 4. The molecule has 0 radical (unpaired) electrons. The summed E-state index contributed by atoms with van der Waals surface area (Å²) in [5, 5.41) is 11.4. The summed E-state index contributed by atoms with van der Waals surface area (Å²) in [7, 11) is 0. The molecule has 0 atom stereocenters. The van der Waals surface area contributed by atoms with Gasteiger partial charge in [-0.2, -0.15) is 0 Å². The summed E-state index contributed by atoms with van der Waals surface area (Å²) in [4.78, 5) is 0. The van der Waals surface area contributed by atoms with Crippen molar-refractivity contribution in [3.8, 4) is 5.75 Å². The summed E-state index contributed by atoms with van der Waals surface area (Å²) in [6.07, 6.45) is 2.95. The van der Waals surface area contributed by atoms with Crippen molar-refractivity contribution in [2.75, 3.05) is 13.2 Å². The average molecular weight is 313 g/mol. The molecule has 0 saturated carbocycles. The van der Waals surface area contributed by atoms with E-state index in [0.717, 1.165) is 18.7 Å². The van der Waals surface area contributed by atoms with E-state index in [4.69, 9.17) is 16.3 Å². The molecule has 0 aliphatic rings. The molecule has 0 saturated heterocycles. The van der Waals surface area contributed by atoms with Gasteiger partial charge in [-0.15, -0.1) is 5.10 Å². The highest BCUT2D eigenvalue weighted by Gasteiger charge is 2.03. The fourth-order valence-electron chi connectivity index (χ4n) is 1.75. The van der Waals surface area contributed by atoms with Crippen molar-refractivity contribution in [1.29, 1.82) is 0 Å². The van der Waals surface area contributed by atoms with Gasteiger partial charge in [0.15, 0.2) is 0 Å². The van der Waals surface area contributed by atoms with Gasteiger partial charge >= 0.3 is 0 Å². The Morgan fingerprint density at radius 1 is 1.43 bits per heavy atom. The van der Waals surface area contributed by atoms with Gasteiger partial charge in [0.25, 0.3) is 0 Å². The van der Waals surface area contributed by atoms with E-state index in [1.165, 1.54) is 12.1 Å². The molecule has 1 heterocycles. The van der Waals surface area contributed by atoms with Crippen LogP contribution in [0.15, 0.2) is 24.4 Å². The van der Waals surface area contributed by atoms with E-state index in [-0.39, 0.29) is 5.02 Å². The molecule has 21 heavy (non-hydrogen) atoms. The lowest BCUT2D eigenvalue weighted by Gasteiger charge is -2.06. The second-order valence-corrected chi connectivity index (χ2v) is 4.98. The molecule has 0 aliphatic heterocycles. The van der Waals surface area contributed by atoms with Crippen molar-refractivity contribution < 1.29 is 9.13 Å². The lowest BCUT2D eigenvalue weighted by Crippen LogP contribution is -2.14. The van der Waals surface area contributed by atoms with Crippen molar-refractivity contribution in [3.63, 3.8) is 0 Å². The Kier molecular flexibility index (Phi) is 5.95. The summed E-state index contributed by atoms with van der Waals surface area (Å²) < 4.78 is 20.4. The van der Waals surface area contributed by atoms with Gasteiger partial charge in [0.05, 0.1) is 17.3 Å². The first kappa shape index (κ1) is 15.7. The smallest absolute Gasteiger partial charge is 0.145 e. The predicted octanol–water partition coefficient (Wildman–Crippen LogP) is 2.65. The van der Waals surface area contributed by atoms with Crippen molar-refractivity contribution >= 4 is 11.6 Å². The Morgan fingerprint density at radius 2 is 2.29 bits per heavy atom. The van der Waals surface area contributed by atoms with E-state index in [2.05, 4.69) is 22.6 Å². The lowest BCUT2D eigenvalue weighted by molar-refractivity contribution is 0.288. The topological polar surface area (TPSA) is 52.0 Å². The number of ether oxygens (including phenoxy) is 1. The van der Waals surface area contributed by atoms with Gasteiger partial charge in [-0.05, 0) is 25.1 Å². The summed E-state index contributed by atoms with van der Waals surface area (Å²) in [5.74, 6) is -0.0407. The summed E-state index contributed by atoms with van der Waals surface area (Å²) in [6, 6.07) is 4.37. The minimum Gasteiger partial charge on any atom is -0.492 e. The third-order valence-electron chi connectivity index (χ3n) is 2.80. The standard InChI is InChI=1S/C14H18ClFN4O/c1-2-5-17-9-11-10-20(19-18-11)6-7-21-12-3-4-13(15)14(16)8-12/h3-4,8,10,17H,2,5-7,9H2,1H3. The molecule has 1 N–H and O–H groups in total. The molecule has 0 unspecified atom stereocenters. The van der Waals surface area contributed by atoms with Crippen LogP contribution in [0, 0.1) is 5.82 Å². The molecule has 0 aliphatic carbocycles. The zero-order valence-electron chi connectivity index (χ0n) is 11.9. The largest absolute Gasteiger partial charge is 0.492 e. The predicted molar refractivity (Wildman–Crippen MR) is 78.9 cm³/mol. The van der Waals surface area contributed by atoms with Gasteiger partial charge < -0.3 is 10.1 Å². The van der Waals surface area contributed by atoms with Crippen LogP contribution in [0.25, 0.3) is 0 Å².